The van der Waals surface area contributed by atoms with Crippen LogP contribution in [-0.2, 0) is 4.79 Å². The average Bonchev–Trinajstić information content (AvgIpc) is 3.18. The molecule has 1 saturated carbocycles. The van der Waals surface area contributed by atoms with Crippen LogP contribution in [0.2, 0.25) is 0 Å². The summed E-state index contributed by atoms with van der Waals surface area (Å²) in [5.41, 5.74) is -0.399. The van der Waals surface area contributed by atoms with Crippen LogP contribution in [0.25, 0.3) is 0 Å². The number of nitrogens with zero attached hydrogens (tertiary/aromatic N) is 2. The molecule has 1 aromatic rings. The van der Waals surface area contributed by atoms with Crippen LogP contribution in [0.4, 0.5) is 0 Å². The Labute approximate surface area is 167 Å². The lowest BCUT2D eigenvalue weighted by molar-refractivity contribution is -0.128. The van der Waals surface area contributed by atoms with Crippen LogP contribution in [0.1, 0.15) is 74.8 Å². The molecule has 1 atom stereocenters. The maximum Gasteiger partial charge on any atom is 0.272 e. The Hall–Kier alpha value is -1.60. The van der Waals surface area contributed by atoms with Gasteiger partial charge in [0.15, 0.2) is 0 Å². The molecule has 0 aromatic carbocycles. The summed E-state index contributed by atoms with van der Waals surface area (Å²) in [6.45, 7) is 4.59. The zero-order valence-corrected chi connectivity index (χ0v) is 16.9. The number of hydrogen-bond donors (Lipinski definition) is 3. The Morgan fingerprint density at radius 2 is 2.07 bits per heavy atom. The lowest BCUT2D eigenvalue weighted by atomic mass is 9.80. The number of aromatic nitrogens is 2. The summed E-state index contributed by atoms with van der Waals surface area (Å²) in [6, 6.07) is 2.05. The minimum absolute atomic E-state index is 0. The maximum absolute atomic E-state index is 12.8. The molecule has 2 fully saturated rings. The summed E-state index contributed by atoms with van der Waals surface area (Å²) in [7, 11) is 0. The fourth-order valence-corrected chi connectivity index (χ4v) is 3.97. The van der Waals surface area contributed by atoms with Crippen molar-refractivity contribution in [2.45, 2.75) is 69.9 Å². The predicted molar refractivity (Wildman–Crippen MR) is 107 cm³/mol. The van der Waals surface area contributed by atoms with Gasteiger partial charge in [-0.05, 0) is 44.7 Å². The van der Waals surface area contributed by atoms with Crippen molar-refractivity contribution in [1.29, 1.82) is 0 Å². The van der Waals surface area contributed by atoms with Crippen LogP contribution in [0.3, 0.4) is 0 Å². The molecule has 0 radical (unpaired) electrons. The highest BCUT2D eigenvalue weighted by molar-refractivity contribution is 5.98. The van der Waals surface area contributed by atoms with Crippen molar-refractivity contribution in [3.63, 3.8) is 0 Å². The van der Waals surface area contributed by atoms with E-state index in [0.29, 0.717) is 31.1 Å². The Bertz CT molecular complexity index is 621. The van der Waals surface area contributed by atoms with Gasteiger partial charge in [-0.1, -0.05) is 26.2 Å². The fraction of sp³-hybridized carbons (Fsp3) is 0.737. The second-order valence-electron chi connectivity index (χ2n) is 7.53. The van der Waals surface area contributed by atoms with E-state index >= 15 is 0 Å². The van der Waals surface area contributed by atoms with E-state index in [9.17, 15) is 9.59 Å². The van der Waals surface area contributed by atoms with Crippen LogP contribution in [-0.4, -0.2) is 46.8 Å². The summed E-state index contributed by atoms with van der Waals surface area (Å²) in [5.74, 6) is -0.301. The van der Waals surface area contributed by atoms with Gasteiger partial charge in [0, 0.05) is 19.3 Å². The molecule has 1 aliphatic carbocycles. The molecule has 1 aliphatic heterocycles. The highest BCUT2D eigenvalue weighted by atomic mass is 35.5. The molecule has 1 aromatic heterocycles. The summed E-state index contributed by atoms with van der Waals surface area (Å²) in [5, 5.41) is 13.8. The van der Waals surface area contributed by atoms with E-state index < -0.39 is 5.54 Å². The minimum Gasteiger partial charge on any atom is -0.354 e. The normalized spacial score (nSPS) is 21.7. The topological polar surface area (TPSA) is 88.0 Å². The summed E-state index contributed by atoms with van der Waals surface area (Å²) >= 11 is 0. The van der Waals surface area contributed by atoms with E-state index in [1.807, 2.05) is 17.8 Å². The molecule has 8 heteroatoms. The van der Waals surface area contributed by atoms with Crippen LogP contribution in [0.5, 0.6) is 0 Å². The molecule has 2 heterocycles. The van der Waals surface area contributed by atoms with Gasteiger partial charge in [0.05, 0.1) is 6.04 Å². The minimum atomic E-state index is -0.791. The number of halogens is 1. The monoisotopic (exact) mass is 397 g/mol. The quantitative estimate of drug-likeness (QED) is 0.686. The number of hydrogen-bond acceptors (Lipinski definition) is 4. The van der Waals surface area contributed by atoms with Crippen LogP contribution in [0.15, 0.2) is 12.3 Å². The highest BCUT2D eigenvalue weighted by Gasteiger charge is 2.41. The molecule has 1 saturated heterocycles. The number of rotatable bonds is 6. The molecule has 1 unspecified atom stereocenters. The molecule has 3 N–H and O–H groups in total. The van der Waals surface area contributed by atoms with Crippen LogP contribution in [0, 0.1) is 0 Å². The Kier molecular flexibility index (Phi) is 8.10. The van der Waals surface area contributed by atoms with Gasteiger partial charge in [-0.2, -0.15) is 5.10 Å². The molecular weight excluding hydrogens is 366 g/mol. The standard InChI is InChI=1S/C19H31N5O2.ClH/c1-2-11-21-18(26)19(9-4-3-5-10-19)22-17(25)16-8-13-24(23-16)15-7-6-12-20-14-15;/h8,13,15,20H,2-7,9-12,14H2,1H3,(H,21,26)(H,22,25);1H. The smallest absolute Gasteiger partial charge is 0.272 e. The molecule has 7 nitrogen and oxygen atoms in total. The van der Waals surface area contributed by atoms with Crippen molar-refractivity contribution in [3.05, 3.63) is 18.0 Å². The summed E-state index contributed by atoms with van der Waals surface area (Å²) in [6.07, 6.45) is 9.37. The molecule has 0 bridgehead atoms. The van der Waals surface area contributed by atoms with Gasteiger partial charge in [0.25, 0.3) is 5.91 Å². The first kappa shape index (κ1) is 21.7. The lowest BCUT2D eigenvalue weighted by Crippen LogP contribution is -2.59. The second kappa shape index (κ2) is 10.1. The zero-order chi connectivity index (χ0) is 18.4. The molecule has 2 aliphatic rings. The van der Waals surface area contributed by atoms with Gasteiger partial charge in [0.2, 0.25) is 5.91 Å². The SMILES string of the molecule is CCCNC(=O)C1(NC(=O)c2ccn(C3CCCNC3)n2)CCCCC1.Cl. The Morgan fingerprint density at radius 1 is 1.30 bits per heavy atom. The van der Waals surface area contributed by atoms with E-state index in [2.05, 4.69) is 21.0 Å². The van der Waals surface area contributed by atoms with Gasteiger partial charge >= 0.3 is 0 Å². The maximum atomic E-state index is 12.8. The van der Waals surface area contributed by atoms with Crippen molar-refractivity contribution in [2.75, 3.05) is 19.6 Å². The zero-order valence-electron chi connectivity index (χ0n) is 16.1. The van der Waals surface area contributed by atoms with E-state index in [-0.39, 0.29) is 24.2 Å². The third-order valence-electron chi connectivity index (χ3n) is 5.52. The summed E-state index contributed by atoms with van der Waals surface area (Å²) in [4.78, 5) is 25.5. The van der Waals surface area contributed by atoms with Gasteiger partial charge in [0.1, 0.15) is 11.2 Å². The average molecular weight is 398 g/mol. The molecule has 152 valence electrons. The fourth-order valence-electron chi connectivity index (χ4n) is 3.97. The highest BCUT2D eigenvalue weighted by Crippen LogP contribution is 2.29. The van der Waals surface area contributed by atoms with Crippen molar-refractivity contribution in [1.82, 2.24) is 25.7 Å². The van der Waals surface area contributed by atoms with Crippen LogP contribution >= 0.6 is 12.4 Å². The van der Waals surface area contributed by atoms with Gasteiger partial charge in [-0.3, -0.25) is 14.3 Å². The van der Waals surface area contributed by atoms with Crippen molar-refractivity contribution in [2.24, 2.45) is 0 Å². The predicted octanol–water partition coefficient (Wildman–Crippen LogP) is 2.19. The molecule has 3 rings (SSSR count). The molecule has 2 amide bonds. The first-order chi connectivity index (χ1) is 12.6. The lowest BCUT2D eigenvalue weighted by Gasteiger charge is -2.36. The molecular formula is C19H32ClN5O2. The number of piperidine rings is 1. The Balaban J connectivity index is 0.00000261. The van der Waals surface area contributed by atoms with E-state index in [4.69, 9.17) is 0 Å². The van der Waals surface area contributed by atoms with Gasteiger partial charge < -0.3 is 16.0 Å². The first-order valence-corrected chi connectivity index (χ1v) is 10.0. The molecule has 27 heavy (non-hydrogen) atoms. The largest absolute Gasteiger partial charge is 0.354 e. The number of carbonyl (C=O) groups is 2. The Morgan fingerprint density at radius 3 is 2.74 bits per heavy atom. The van der Waals surface area contributed by atoms with Crippen LogP contribution < -0.4 is 16.0 Å². The van der Waals surface area contributed by atoms with Crippen molar-refractivity contribution >= 4 is 24.2 Å². The second-order valence-corrected chi connectivity index (χ2v) is 7.53. The van der Waals surface area contributed by atoms with E-state index in [1.165, 1.54) is 0 Å². The molecule has 0 spiro atoms. The van der Waals surface area contributed by atoms with Crippen molar-refractivity contribution < 1.29 is 9.59 Å². The third kappa shape index (κ3) is 5.23. The third-order valence-corrected chi connectivity index (χ3v) is 5.52. The summed E-state index contributed by atoms with van der Waals surface area (Å²) < 4.78 is 1.88. The van der Waals surface area contributed by atoms with Gasteiger partial charge in [-0.15, -0.1) is 12.4 Å². The van der Waals surface area contributed by atoms with Crippen molar-refractivity contribution in [3.8, 4) is 0 Å². The van der Waals surface area contributed by atoms with Gasteiger partial charge in [-0.25, -0.2) is 0 Å². The van der Waals surface area contributed by atoms with E-state index in [0.717, 1.165) is 51.6 Å². The first-order valence-electron chi connectivity index (χ1n) is 10.0. The number of nitrogens with one attached hydrogen (secondary N) is 3. The number of carbonyl (C=O) groups excluding carboxylic acids is 2. The van der Waals surface area contributed by atoms with E-state index in [1.54, 1.807) is 6.07 Å². The number of amides is 2.